The smallest absolute Gasteiger partial charge is 0.104 e. The first-order chi connectivity index (χ1) is 12.2. The lowest BCUT2D eigenvalue weighted by atomic mass is 10.2. The van der Waals surface area contributed by atoms with E-state index in [0.717, 1.165) is 22.1 Å². The van der Waals surface area contributed by atoms with Crippen molar-refractivity contribution in [2.45, 2.75) is 13.1 Å². The fraction of sp³-hybridized carbons (Fsp3) is 0.400. The van der Waals surface area contributed by atoms with Crippen LogP contribution in [0.2, 0.25) is 0 Å². The summed E-state index contributed by atoms with van der Waals surface area (Å²) in [6.07, 6.45) is 0. The molecule has 2 aromatic carbocycles. The van der Waals surface area contributed by atoms with Crippen molar-refractivity contribution in [3.63, 3.8) is 0 Å². The van der Waals surface area contributed by atoms with E-state index in [-0.39, 0.29) is 0 Å². The molecule has 0 bridgehead atoms. The van der Waals surface area contributed by atoms with Gasteiger partial charge in [-0.15, -0.1) is 0 Å². The molecule has 152 valence electrons. The SMILES string of the molecule is C[N+](C)(C)Cc1ccccc1.C[N+](C)(C)Cc1ccccc1.O=S(=O)([O-])[O-]. The fourth-order valence-electron chi connectivity index (χ4n) is 2.26. The lowest BCUT2D eigenvalue weighted by Crippen LogP contribution is -2.33. The summed E-state index contributed by atoms with van der Waals surface area (Å²) >= 11 is 0. The van der Waals surface area contributed by atoms with Crippen LogP contribution in [0.4, 0.5) is 0 Å². The van der Waals surface area contributed by atoms with Crippen molar-refractivity contribution in [1.82, 2.24) is 0 Å². The van der Waals surface area contributed by atoms with Crippen LogP contribution in [0.1, 0.15) is 11.1 Å². The molecule has 6 nitrogen and oxygen atoms in total. The molecule has 2 aromatic rings. The Hall–Kier alpha value is -1.77. The number of hydrogen-bond donors (Lipinski definition) is 0. The zero-order valence-electron chi connectivity index (χ0n) is 17.1. The summed E-state index contributed by atoms with van der Waals surface area (Å²) in [4.78, 5) is 0. The maximum absolute atomic E-state index is 8.52. The molecule has 0 N–H and O–H groups in total. The van der Waals surface area contributed by atoms with Gasteiger partial charge >= 0.3 is 0 Å². The highest BCUT2D eigenvalue weighted by molar-refractivity contribution is 7.79. The normalized spacial score (nSPS) is 11.6. The van der Waals surface area contributed by atoms with Crippen LogP contribution in [-0.2, 0) is 23.5 Å². The van der Waals surface area contributed by atoms with Gasteiger partial charge in [-0.1, -0.05) is 60.7 Å². The Kier molecular flexibility index (Phi) is 10.4. The molecule has 7 heteroatoms. The van der Waals surface area contributed by atoms with Crippen LogP contribution in [0.15, 0.2) is 60.7 Å². The molecule has 0 radical (unpaired) electrons. The van der Waals surface area contributed by atoms with Gasteiger partial charge in [-0.25, -0.2) is 0 Å². The molecule has 0 aliphatic carbocycles. The first kappa shape index (κ1) is 25.2. The average Bonchev–Trinajstić information content (AvgIpc) is 2.44. The molecule has 0 spiro atoms. The molecule has 0 fully saturated rings. The molecular formula is C20H32N2O4S. The van der Waals surface area contributed by atoms with E-state index in [1.54, 1.807) is 0 Å². The van der Waals surface area contributed by atoms with Crippen molar-refractivity contribution in [3.8, 4) is 0 Å². The predicted molar refractivity (Wildman–Crippen MR) is 107 cm³/mol. The Morgan fingerprint density at radius 3 is 1.04 bits per heavy atom. The number of benzene rings is 2. The third-order valence-electron chi connectivity index (χ3n) is 3.00. The van der Waals surface area contributed by atoms with Crippen LogP contribution >= 0.6 is 0 Å². The third-order valence-corrected chi connectivity index (χ3v) is 3.00. The molecule has 0 atom stereocenters. The Balaban J connectivity index is 0.000000405. The van der Waals surface area contributed by atoms with Gasteiger partial charge in [0, 0.05) is 21.5 Å². The first-order valence-corrected chi connectivity index (χ1v) is 9.84. The van der Waals surface area contributed by atoms with Gasteiger partial charge in [0.1, 0.15) is 13.1 Å². The van der Waals surface area contributed by atoms with E-state index in [4.69, 9.17) is 17.5 Å². The maximum atomic E-state index is 8.52. The van der Waals surface area contributed by atoms with Crippen molar-refractivity contribution in [1.29, 1.82) is 0 Å². The maximum Gasteiger partial charge on any atom is 0.104 e. The molecule has 0 unspecified atom stereocenters. The Labute approximate surface area is 164 Å². The van der Waals surface area contributed by atoms with Crippen LogP contribution < -0.4 is 0 Å². The quantitative estimate of drug-likeness (QED) is 0.452. The van der Waals surface area contributed by atoms with Crippen molar-refractivity contribution < 1.29 is 26.5 Å². The first-order valence-electron chi connectivity index (χ1n) is 8.51. The highest BCUT2D eigenvalue weighted by atomic mass is 32.3. The Bertz CT molecular complexity index is 676. The Morgan fingerprint density at radius 2 is 0.852 bits per heavy atom. The number of quaternary nitrogens is 2. The number of rotatable bonds is 4. The largest absolute Gasteiger partial charge is 0.759 e. The molecule has 0 aliphatic heterocycles. The second-order valence-corrected chi connectivity index (χ2v) is 9.09. The van der Waals surface area contributed by atoms with Crippen molar-refractivity contribution in [3.05, 3.63) is 71.8 Å². The second kappa shape index (κ2) is 11.2. The van der Waals surface area contributed by atoms with Gasteiger partial charge in [-0.3, -0.25) is 8.42 Å². The third kappa shape index (κ3) is 20.4. The summed E-state index contributed by atoms with van der Waals surface area (Å²) in [6, 6.07) is 21.1. The van der Waals surface area contributed by atoms with Gasteiger partial charge in [-0.2, -0.15) is 0 Å². The van der Waals surface area contributed by atoms with Crippen molar-refractivity contribution in [2.24, 2.45) is 0 Å². The summed E-state index contributed by atoms with van der Waals surface area (Å²) in [6.45, 7) is 2.20. The molecule has 0 aliphatic rings. The minimum absolute atomic E-state index is 0.990. The molecule has 0 aromatic heterocycles. The number of nitrogens with zero attached hydrogens (tertiary/aromatic N) is 2. The second-order valence-electron chi connectivity index (χ2n) is 8.28. The van der Waals surface area contributed by atoms with Crippen LogP contribution in [-0.4, -0.2) is 68.8 Å². The minimum Gasteiger partial charge on any atom is -0.759 e. The van der Waals surface area contributed by atoms with E-state index in [9.17, 15) is 0 Å². The zero-order chi connectivity index (χ0) is 21.1. The predicted octanol–water partition coefficient (Wildman–Crippen LogP) is 2.45. The molecule has 0 saturated carbocycles. The average molecular weight is 397 g/mol. The van der Waals surface area contributed by atoms with Crippen LogP contribution in [0.25, 0.3) is 0 Å². The van der Waals surface area contributed by atoms with E-state index in [1.807, 2.05) is 0 Å². The minimum atomic E-state index is -5.17. The van der Waals surface area contributed by atoms with E-state index < -0.39 is 10.4 Å². The van der Waals surface area contributed by atoms with Gasteiger partial charge in [0.25, 0.3) is 0 Å². The number of hydrogen-bond acceptors (Lipinski definition) is 4. The van der Waals surface area contributed by atoms with Crippen LogP contribution in [0, 0.1) is 0 Å². The van der Waals surface area contributed by atoms with Crippen LogP contribution in [0.5, 0.6) is 0 Å². The standard InChI is InChI=1S/2C10H16N.H2O4S/c2*1-11(2,3)9-10-7-5-4-6-8-10;1-5(2,3)4/h2*4-8H,9H2,1-3H3;(H2,1,2,3,4)/q2*+1;/p-2. The van der Waals surface area contributed by atoms with Gasteiger partial charge in [-0.05, 0) is 0 Å². The summed E-state index contributed by atoms with van der Waals surface area (Å²) in [5, 5.41) is 0. The summed E-state index contributed by atoms with van der Waals surface area (Å²) in [7, 11) is 8.04. The monoisotopic (exact) mass is 396 g/mol. The molecule has 0 amide bonds. The fourth-order valence-corrected chi connectivity index (χ4v) is 2.26. The molecular weight excluding hydrogens is 364 g/mol. The lowest BCUT2D eigenvalue weighted by Gasteiger charge is -2.23. The Morgan fingerprint density at radius 1 is 0.630 bits per heavy atom. The molecule has 0 saturated heterocycles. The molecule has 0 heterocycles. The summed E-state index contributed by atoms with van der Waals surface area (Å²) in [5.41, 5.74) is 2.81. The van der Waals surface area contributed by atoms with Gasteiger partial charge < -0.3 is 18.1 Å². The zero-order valence-corrected chi connectivity index (χ0v) is 17.9. The van der Waals surface area contributed by atoms with Crippen molar-refractivity contribution in [2.75, 3.05) is 42.3 Å². The molecule has 27 heavy (non-hydrogen) atoms. The molecule has 2 rings (SSSR count). The lowest BCUT2D eigenvalue weighted by molar-refractivity contribution is -0.884. The van der Waals surface area contributed by atoms with Gasteiger partial charge in [0.2, 0.25) is 0 Å². The van der Waals surface area contributed by atoms with Gasteiger partial charge in [0.05, 0.1) is 42.3 Å². The highest BCUT2D eigenvalue weighted by Gasteiger charge is 2.07. The highest BCUT2D eigenvalue weighted by Crippen LogP contribution is 2.05. The van der Waals surface area contributed by atoms with E-state index in [1.165, 1.54) is 11.1 Å². The van der Waals surface area contributed by atoms with E-state index in [0.29, 0.717) is 0 Å². The topological polar surface area (TPSA) is 80.3 Å². The summed E-state index contributed by atoms with van der Waals surface area (Å²) < 4.78 is 36.1. The van der Waals surface area contributed by atoms with E-state index >= 15 is 0 Å². The van der Waals surface area contributed by atoms with E-state index in [2.05, 4.69) is 103 Å². The van der Waals surface area contributed by atoms with Crippen LogP contribution in [0.3, 0.4) is 0 Å². The van der Waals surface area contributed by atoms with Crippen molar-refractivity contribution >= 4 is 10.4 Å². The van der Waals surface area contributed by atoms with Gasteiger partial charge in [0.15, 0.2) is 0 Å². The summed E-state index contributed by atoms with van der Waals surface area (Å²) in [5.74, 6) is 0.